The molecular weight excluding hydrogens is 262 g/mol. The van der Waals surface area contributed by atoms with Gasteiger partial charge in [0.25, 0.3) is 0 Å². The zero-order chi connectivity index (χ0) is 11.8. The lowest BCUT2D eigenvalue weighted by atomic mass is 10.2. The van der Waals surface area contributed by atoms with Crippen LogP contribution >= 0.6 is 34.7 Å². The number of nitrogens with one attached hydrogen (secondary N) is 1. The van der Waals surface area contributed by atoms with E-state index in [1.165, 1.54) is 5.56 Å². The summed E-state index contributed by atoms with van der Waals surface area (Å²) in [6.07, 6.45) is 0.889. The van der Waals surface area contributed by atoms with E-state index in [0.29, 0.717) is 12.6 Å². The molecule has 1 unspecified atom stereocenters. The molecule has 5 heteroatoms. The van der Waals surface area contributed by atoms with Crippen molar-refractivity contribution >= 4 is 34.7 Å². The van der Waals surface area contributed by atoms with Gasteiger partial charge in [0, 0.05) is 24.9 Å². The van der Waals surface area contributed by atoms with Crippen LogP contribution in [0.2, 0.25) is 4.34 Å². The van der Waals surface area contributed by atoms with Gasteiger partial charge in [0.2, 0.25) is 0 Å². The third-order valence-corrected chi connectivity index (χ3v) is 4.41. The van der Waals surface area contributed by atoms with Crippen LogP contribution in [0.25, 0.3) is 0 Å². The lowest BCUT2D eigenvalue weighted by Crippen LogP contribution is -2.21. The first-order valence-corrected chi connectivity index (χ1v) is 7.81. The fourth-order valence-electron chi connectivity index (χ4n) is 1.28. The summed E-state index contributed by atoms with van der Waals surface area (Å²) in [6, 6.07) is 2.38. The molecule has 0 bridgehead atoms. The third-order valence-electron chi connectivity index (χ3n) is 2.23. The molecule has 1 rings (SSSR count). The van der Waals surface area contributed by atoms with Crippen LogP contribution in [0.4, 0.5) is 0 Å². The van der Waals surface area contributed by atoms with E-state index in [0.717, 1.165) is 28.8 Å². The Labute approximate surface area is 110 Å². The van der Waals surface area contributed by atoms with Crippen molar-refractivity contribution in [2.75, 3.05) is 24.7 Å². The van der Waals surface area contributed by atoms with Gasteiger partial charge in [0.05, 0.1) is 4.34 Å². The van der Waals surface area contributed by atoms with Crippen LogP contribution in [0, 0.1) is 0 Å². The molecule has 0 aromatic carbocycles. The quantitative estimate of drug-likeness (QED) is 0.717. The van der Waals surface area contributed by atoms with E-state index in [2.05, 4.69) is 17.6 Å². The molecule has 2 N–H and O–H groups in total. The minimum absolute atomic E-state index is 0.296. The van der Waals surface area contributed by atoms with Crippen molar-refractivity contribution in [3.8, 4) is 0 Å². The van der Waals surface area contributed by atoms with Crippen molar-refractivity contribution in [3.05, 3.63) is 21.3 Å². The summed E-state index contributed by atoms with van der Waals surface area (Å²) in [6.45, 7) is 3.44. The second-order valence-electron chi connectivity index (χ2n) is 3.55. The summed E-state index contributed by atoms with van der Waals surface area (Å²) in [7, 11) is 0. The Morgan fingerprint density at radius 1 is 1.56 bits per heavy atom. The van der Waals surface area contributed by atoms with Gasteiger partial charge in [-0.15, -0.1) is 11.3 Å². The molecule has 0 fully saturated rings. The van der Waals surface area contributed by atoms with Crippen LogP contribution in [0.5, 0.6) is 0 Å². The van der Waals surface area contributed by atoms with Gasteiger partial charge in [-0.2, -0.15) is 11.8 Å². The first-order valence-electron chi connectivity index (χ1n) is 5.40. The molecule has 16 heavy (non-hydrogen) atoms. The number of rotatable bonds is 8. The SMILES string of the molecule is CC(NCCSCCCO)c1csc(Cl)c1. The number of aliphatic hydroxyl groups excluding tert-OH is 1. The summed E-state index contributed by atoms with van der Waals surface area (Å²) >= 11 is 9.34. The monoisotopic (exact) mass is 279 g/mol. The van der Waals surface area contributed by atoms with E-state index in [9.17, 15) is 0 Å². The number of aliphatic hydroxyl groups is 1. The summed E-state index contributed by atoms with van der Waals surface area (Å²) in [5.41, 5.74) is 1.26. The van der Waals surface area contributed by atoms with Crippen LogP contribution in [0.3, 0.4) is 0 Å². The number of thiophene rings is 1. The highest BCUT2D eigenvalue weighted by atomic mass is 35.5. The van der Waals surface area contributed by atoms with Crippen LogP contribution in [-0.4, -0.2) is 29.8 Å². The van der Waals surface area contributed by atoms with E-state index in [1.807, 2.05) is 17.8 Å². The van der Waals surface area contributed by atoms with Crippen LogP contribution < -0.4 is 5.32 Å². The van der Waals surface area contributed by atoms with Crippen molar-refractivity contribution in [1.29, 1.82) is 0 Å². The minimum atomic E-state index is 0.296. The van der Waals surface area contributed by atoms with Gasteiger partial charge in [-0.25, -0.2) is 0 Å². The number of hydrogen-bond donors (Lipinski definition) is 2. The standard InChI is InChI=1S/C11H18ClNOS2/c1-9(10-7-11(12)16-8-10)13-3-6-15-5-2-4-14/h7-9,13-14H,2-6H2,1H3. The molecule has 0 aliphatic rings. The lowest BCUT2D eigenvalue weighted by Gasteiger charge is -2.11. The topological polar surface area (TPSA) is 32.3 Å². The highest BCUT2D eigenvalue weighted by Crippen LogP contribution is 2.24. The summed E-state index contributed by atoms with van der Waals surface area (Å²) in [4.78, 5) is 0. The van der Waals surface area contributed by atoms with Crippen LogP contribution in [0.1, 0.15) is 24.9 Å². The average Bonchev–Trinajstić information content (AvgIpc) is 2.70. The fourth-order valence-corrected chi connectivity index (χ4v) is 3.07. The molecule has 0 saturated heterocycles. The predicted molar refractivity (Wildman–Crippen MR) is 74.8 cm³/mol. The van der Waals surface area contributed by atoms with Crippen molar-refractivity contribution in [2.24, 2.45) is 0 Å². The summed E-state index contributed by atoms with van der Waals surface area (Å²) in [5, 5.41) is 14.2. The molecular formula is C11H18ClNOS2. The Morgan fingerprint density at radius 2 is 2.38 bits per heavy atom. The largest absolute Gasteiger partial charge is 0.396 e. The molecule has 0 amide bonds. The van der Waals surface area contributed by atoms with E-state index < -0.39 is 0 Å². The molecule has 1 aromatic heterocycles. The molecule has 0 radical (unpaired) electrons. The van der Waals surface area contributed by atoms with Gasteiger partial charge in [-0.3, -0.25) is 0 Å². The first kappa shape index (κ1) is 14.3. The molecule has 0 saturated carbocycles. The van der Waals surface area contributed by atoms with Crippen molar-refractivity contribution in [3.63, 3.8) is 0 Å². The molecule has 0 aliphatic carbocycles. The van der Waals surface area contributed by atoms with Crippen LogP contribution in [0.15, 0.2) is 11.4 Å². The molecule has 2 nitrogen and oxygen atoms in total. The number of thioether (sulfide) groups is 1. The van der Waals surface area contributed by atoms with E-state index >= 15 is 0 Å². The zero-order valence-electron chi connectivity index (χ0n) is 9.41. The lowest BCUT2D eigenvalue weighted by molar-refractivity contribution is 0.296. The molecule has 0 spiro atoms. The Balaban J connectivity index is 2.09. The summed E-state index contributed by atoms with van der Waals surface area (Å²) in [5.74, 6) is 2.12. The highest BCUT2D eigenvalue weighted by Gasteiger charge is 2.06. The van der Waals surface area contributed by atoms with Crippen molar-refractivity contribution in [2.45, 2.75) is 19.4 Å². The Kier molecular flexibility index (Phi) is 7.49. The molecule has 1 atom stereocenters. The predicted octanol–water partition coefficient (Wildman–Crippen LogP) is 3.17. The molecule has 1 aromatic rings. The Hall–Kier alpha value is 0.260. The summed E-state index contributed by atoms with van der Waals surface area (Å²) < 4.78 is 0.848. The minimum Gasteiger partial charge on any atom is -0.396 e. The Bertz CT molecular complexity index is 293. The van der Waals surface area contributed by atoms with Crippen molar-refractivity contribution in [1.82, 2.24) is 5.32 Å². The van der Waals surface area contributed by atoms with Gasteiger partial charge in [-0.05, 0) is 36.1 Å². The Morgan fingerprint density at radius 3 is 3.00 bits per heavy atom. The van der Waals surface area contributed by atoms with Gasteiger partial charge >= 0.3 is 0 Å². The molecule has 1 heterocycles. The van der Waals surface area contributed by atoms with Gasteiger partial charge in [0.1, 0.15) is 0 Å². The van der Waals surface area contributed by atoms with Crippen molar-refractivity contribution < 1.29 is 5.11 Å². The maximum atomic E-state index is 8.62. The van der Waals surface area contributed by atoms with E-state index in [1.54, 1.807) is 11.3 Å². The van der Waals surface area contributed by atoms with Crippen LogP contribution in [-0.2, 0) is 0 Å². The number of halogens is 1. The average molecular weight is 280 g/mol. The highest BCUT2D eigenvalue weighted by molar-refractivity contribution is 7.99. The second-order valence-corrected chi connectivity index (χ2v) is 6.32. The maximum absolute atomic E-state index is 8.62. The second kappa shape index (κ2) is 8.37. The fraction of sp³-hybridized carbons (Fsp3) is 0.636. The molecule has 0 aliphatic heterocycles. The first-order chi connectivity index (χ1) is 7.74. The molecule has 92 valence electrons. The van der Waals surface area contributed by atoms with Gasteiger partial charge in [-0.1, -0.05) is 11.6 Å². The zero-order valence-corrected chi connectivity index (χ0v) is 11.8. The third kappa shape index (κ3) is 5.55. The van der Waals surface area contributed by atoms with E-state index in [4.69, 9.17) is 16.7 Å². The van der Waals surface area contributed by atoms with E-state index in [-0.39, 0.29) is 0 Å². The number of hydrogen-bond acceptors (Lipinski definition) is 4. The van der Waals surface area contributed by atoms with Gasteiger partial charge < -0.3 is 10.4 Å². The normalized spacial score (nSPS) is 12.9. The smallest absolute Gasteiger partial charge is 0.0931 e. The maximum Gasteiger partial charge on any atom is 0.0931 e. The van der Waals surface area contributed by atoms with Gasteiger partial charge in [0.15, 0.2) is 0 Å².